The zero-order chi connectivity index (χ0) is 41.0. The van der Waals surface area contributed by atoms with Crippen molar-refractivity contribution in [3.63, 3.8) is 0 Å². The van der Waals surface area contributed by atoms with Crippen molar-refractivity contribution >= 4 is 63.9 Å². The van der Waals surface area contributed by atoms with E-state index in [-0.39, 0.29) is 59.5 Å². The van der Waals surface area contributed by atoms with Gasteiger partial charge in [0.15, 0.2) is 0 Å². The molecule has 6 atom stereocenters. The predicted molar refractivity (Wildman–Crippen MR) is 225 cm³/mol. The number of hydrogen-bond acceptors (Lipinski definition) is 10. The number of carbonyl (C=O) groups is 6. The number of anilines is 1. The minimum Gasteiger partial charge on any atom is -0.356 e. The van der Waals surface area contributed by atoms with Gasteiger partial charge in [-0.25, -0.2) is 4.79 Å². The lowest BCUT2D eigenvalue weighted by atomic mass is 9.87. The van der Waals surface area contributed by atoms with Crippen molar-refractivity contribution in [1.29, 1.82) is 0 Å². The summed E-state index contributed by atoms with van der Waals surface area (Å²) in [6.07, 6.45) is 9.01. The molecule has 2 aromatic rings. The molecule has 4 aliphatic rings. The molecular formula is C41H59N9O6S2. The number of carbonyl (C=O) groups excluding carboxylic acids is 6. The molecule has 17 heteroatoms. The average molecular weight is 838 g/mol. The normalized spacial score (nSPS) is 22.8. The van der Waals surface area contributed by atoms with E-state index >= 15 is 0 Å². The van der Waals surface area contributed by atoms with Gasteiger partial charge in [-0.2, -0.15) is 11.8 Å². The maximum absolute atomic E-state index is 14.3. The van der Waals surface area contributed by atoms with Crippen molar-refractivity contribution in [2.75, 3.05) is 37.2 Å². The number of urea groups is 1. The highest BCUT2D eigenvalue weighted by Gasteiger charge is 2.43. The lowest BCUT2D eigenvalue weighted by Gasteiger charge is -2.38. The minimum atomic E-state index is -0.792. The second-order valence-electron chi connectivity index (χ2n) is 16.0. The van der Waals surface area contributed by atoms with Crippen LogP contribution in [-0.2, 0) is 24.0 Å². The molecule has 0 bridgehead atoms. The molecule has 0 spiro atoms. The first-order valence-electron chi connectivity index (χ1n) is 21.2. The number of fused-ring (bicyclic) bond motifs is 1. The highest BCUT2D eigenvalue weighted by atomic mass is 32.2. The highest BCUT2D eigenvalue weighted by molar-refractivity contribution is 8.00. The van der Waals surface area contributed by atoms with Crippen molar-refractivity contribution in [2.24, 2.45) is 11.8 Å². The van der Waals surface area contributed by atoms with Gasteiger partial charge in [0.1, 0.15) is 22.8 Å². The Morgan fingerprint density at radius 1 is 0.948 bits per heavy atom. The third-order valence-corrected chi connectivity index (χ3v) is 14.2. The lowest BCUT2D eigenvalue weighted by molar-refractivity contribution is -0.143. The lowest BCUT2D eigenvalue weighted by Crippen LogP contribution is -2.57. The van der Waals surface area contributed by atoms with Gasteiger partial charge in [0, 0.05) is 73.0 Å². The smallest absolute Gasteiger partial charge is 0.315 e. The van der Waals surface area contributed by atoms with E-state index in [0.717, 1.165) is 61.4 Å². The van der Waals surface area contributed by atoms with Crippen LogP contribution in [-0.4, -0.2) is 116 Å². The third kappa shape index (κ3) is 11.3. The van der Waals surface area contributed by atoms with Crippen molar-refractivity contribution < 1.29 is 28.8 Å². The van der Waals surface area contributed by atoms with Crippen LogP contribution in [0.25, 0.3) is 11.3 Å². The molecule has 4 fully saturated rings. The van der Waals surface area contributed by atoms with Crippen molar-refractivity contribution in [3.8, 4) is 11.3 Å². The Morgan fingerprint density at radius 2 is 1.72 bits per heavy atom. The molecule has 4 aliphatic heterocycles. The number of hydrogen-bond donors (Lipinski definition) is 5. The number of thioether (sulfide) groups is 1. The quantitative estimate of drug-likeness (QED) is 0.101. The Bertz CT molecular complexity index is 1740. The van der Waals surface area contributed by atoms with E-state index in [0.29, 0.717) is 87.1 Å². The summed E-state index contributed by atoms with van der Waals surface area (Å²) in [7, 11) is 0. The van der Waals surface area contributed by atoms with E-state index in [2.05, 4.69) is 36.2 Å². The van der Waals surface area contributed by atoms with Crippen molar-refractivity contribution in [3.05, 3.63) is 30.3 Å². The number of benzene rings is 1. The monoisotopic (exact) mass is 837 g/mol. The molecule has 0 aliphatic carbocycles. The topological polar surface area (TPSA) is 195 Å². The number of nitrogens with zero attached hydrogens (tertiary/aromatic N) is 4. The SMILES string of the molecule is CC[C@@H](C)C(=O)N[C@H](C(=O)N1CCC[C@H]1C(=O)Nc1snnc1-c1ccccc1)C1CCN(C(=O)CCCCCNC(=O)CCCCC2SC[C@@H]3NC(=O)N[C@H]23)CC1. The van der Waals surface area contributed by atoms with Crippen LogP contribution in [0, 0.1) is 11.8 Å². The maximum Gasteiger partial charge on any atom is 0.315 e. The van der Waals surface area contributed by atoms with Crippen molar-refractivity contribution in [2.45, 2.75) is 127 Å². The Hall–Kier alpha value is -4.25. The van der Waals surface area contributed by atoms with Crippen LogP contribution in [0.4, 0.5) is 9.80 Å². The van der Waals surface area contributed by atoms with Crippen LogP contribution in [0.15, 0.2) is 30.3 Å². The average Bonchev–Trinajstić information content (AvgIpc) is 4.06. The van der Waals surface area contributed by atoms with Crippen LogP contribution in [0.2, 0.25) is 0 Å². The summed E-state index contributed by atoms with van der Waals surface area (Å²) < 4.78 is 4.06. The Morgan fingerprint density at radius 3 is 2.50 bits per heavy atom. The molecule has 5 heterocycles. The number of aromatic nitrogens is 2. The van der Waals surface area contributed by atoms with Gasteiger partial charge in [-0.05, 0) is 63.7 Å². The summed E-state index contributed by atoms with van der Waals surface area (Å²) in [5.74, 6) is -0.104. The van der Waals surface area contributed by atoms with E-state index in [1.165, 1.54) is 0 Å². The van der Waals surface area contributed by atoms with Crippen LogP contribution in [0.5, 0.6) is 0 Å². The standard InChI is InChI=1S/C41H59N9O6S2/c1-3-26(2)37(53)44-35(40(55)50-22-12-15-30(50)38(54)46-39-34(47-48-58-39)27-13-6-4-7-14-27)28-19-23-49(24-20-28)33(52)18-8-5-11-21-42-32(51)17-10-9-16-31-36-29(25-57-31)43-41(56)45-36/h4,6-7,13-14,26,28-31,35-36H,3,5,8-12,15-25H2,1-2H3,(H,42,51)(H,44,53)(H,46,54)(H2,43,45,56)/t26-,29+,30+,31?,35+,36+/m1/s1. The minimum absolute atomic E-state index is 0.0540. The molecule has 4 saturated heterocycles. The molecule has 58 heavy (non-hydrogen) atoms. The van der Waals surface area contributed by atoms with Gasteiger partial charge < -0.3 is 36.4 Å². The first-order valence-corrected chi connectivity index (χ1v) is 23.0. The Labute approximate surface area is 349 Å². The van der Waals surface area contributed by atoms with Crippen molar-refractivity contribution in [1.82, 2.24) is 40.7 Å². The fraction of sp³-hybridized carbons (Fsp3) is 0.659. The number of nitrogens with one attached hydrogen (secondary N) is 5. The molecule has 5 N–H and O–H groups in total. The van der Waals surface area contributed by atoms with E-state index in [9.17, 15) is 28.8 Å². The molecule has 15 nitrogen and oxygen atoms in total. The number of rotatable bonds is 19. The number of unbranched alkanes of at least 4 members (excludes halogenated alkanes) is 3. The molecule has 1 aromatic carbocycles. The van der Waals surface area contributed by atoms with Crippen LogP contribution in [0.3, 0.4) is 0 Å². The summed E-state index contributed by atoms with van der Waals surface area (Å²) >= 11 is 2.98. The largest absolute Gasteiger partial charge is 0.356 e. The number of amides is 7. The first kappa shape index (κ1) is 43.3. The van der Waals surface area contributed by atoms with E-state index < -0.39 is 12.1 Å². The zero-order valence-electron chi connectivity index (χ0n) is 33.7. The molecule has 0 radical (unpaired) electrons. The molecule has 6 rings (SSSR count). The summed E-state index contributed by atoms with van der Waals surface area (Å²) in [4.78, 5) is 81.8. The van der Waals surface area contributed by atoms with Gasteiger partial charge in [0.05, 0.1) is 12.1 Å². The number of likely N-dealkylation sites (tertiary alicyclic amines) is 2. The summed E-state index contributed by atoms with van der Waals surface area (Å²) in [6.45, 7) is 5.79. The zero-order valence-corrected chi connectivity index (χ0v) is 35.3. The summed E-state index contributed by atoms with van der Waals surface area (Å²) in [6, 6.07) is 8.36. The molecular weight excluding hydrogens is 779 g/mol. The fourth-order valence-electron chi connectivity index (χ4n) is 8.41. The Kier molecular flexibility index (Phi) is 15.8. The van der Waals surface area contributed by atoms with Gasteiger partial charge >= 0.3 is 6.03 Å². The maximum atomic E-state index is 14.3. The summed E-state index contributed by atoms with van der Waals surface area (Å²) in [5, 5.41) is 20.2. The molecule has 0 saturated carbocycles. The first-order chi connectivity index (χ1) is 28.1. The van der Waals surface area contributed by atoms with Crippen LogP contribution >= 0.6 is 23.3 Å². The molecule has 7 amide bonds. The second-order valence-corrected chi connectivity index (χ2v) is 18.1. The predicted octanol–water partition coefficient (Wildman–Crippen LogP) is 4.31. The highest BCUT2D eigenvalue weighted by Crippen LogP contribution is 2.34. The van der Waals surface area contributed by atoms with Gasteiger partial charge in [0.25, 0.3) is 0 Å². The van der Waals surface area contributed by atoms with E-state index in [1.54, 1.807) is 4.90 Å². The Balaban J connectivity index is 0.911. The molecule has 316 valence electrons. The second kappa shape index (κ2) is 21.1. The number of piperidine rings is 1. The van der Waals surface area contributed by atoms with E-state index in [4.69, 9.17) is 0 Å². The van der Waals surface area contributed by atoms with Gasteiger partial charge in [-0.15, -0.1) is 5.10 Å². The van der Waals surface area contributed by atoms with E-state index in [1.807, 2.05) is 60.8 Å². The van der Waals surface area contributed by atoms with Gasteiger partial charge in [0.2, 0.25) is 29.5 Å². The molecule has 1 aromatic heterocycles. The van der Waals surface area contributed by atoms with Crippen LogP contribution < -0.4 is 26.6 Å². The van der Waals surface area contributed by atoms with Crippen LogP contribution in [0.1, 0.15) is 97.3 Å². The molecule has 1 unspecified atom stereocenters. The van der Waals surface area contributed by atoms with Gasteiger partial charge in [-0.3, -0.25) is 24.0 Å². The fourth-order valence-corrected chi connectivity index (χ4v) is 10.5. The summed E-state index contributed by atoms with van der Waals surface area (Å²) in [5.41, 5.74) is 1.41. The third-order valence-electron chi connectivity index (χ3n) is 12.1. The van der Waals surface area contributed by atoms with Gasteiger partial charge in [-0.1, -0.05) is 61.5 Å².